The highest BCUT2D eigenvalue weighted by molar-refractivity contribution is 5.69. The number of ether oxygens (including phenoxy) is 1. The van der Waals surface area contributed by atoms with E-state index in [0.29, 0.717) is 12.3 Å². The van der Waals surface area contributed by atoms with Crippen molar-refractivity contribution in [3.05, 3.63) is 35.4 Å². The van der Waals surface area contributed by atoms with Crippen molar-refractivity contribution in [2.75, 3.05) is 7.11 Å². The topological polar surface area (TPSA) is 72.5 Å². The maximum atomic E-state index is 11.1. The van der Waals surface area contributed by atoms with Crippen molar-refractivity contribution in [3.8, 4) is 0 Å². The third kappa shape index (κ3) is 5.31. The molecule has 0 amide bonds. The molecule has 2 atom stereocenters. The van der Waals surface area contributed by atoms with E-state index in [-0.39, 0.29) is 12.4 Å². The lowest BCUT2D eigenvalue weighted by Crippen LogP contribution is -2.29. The maximum Gasteiger partial charge on any atom is 0.305 e. The predicted molar refractivity (Wildman–Crippen MR) is 79.2 cm³/mol. The normalized spacial score (nSPS) is 14.1. The van der Waals surface area contributed by atoms with E-state index < -0.39 is 12.1 Å². The molecular weight excluding hydrogens is 254 g/mol. The Kier molecular flexibility index (Phi) is 6.68. The van der Waals surface area contributed by atoms with Gasteiger partial charge in [0.1, 0.15) is 0 Å². The van der Waals surface area contributed by atoms with Gasteiger partial charge in [-0.2, -0.15) is 0 Å². The summed E-state index contributed by atoms with van der Waals surface area (Å²) in [5, 5.41) is 10.2. The van der Waals surface area contributed by atoms with Gasteiger partial charge in [-0.05, 0) is 29.9 Å². The molecule has 0 saturated carbocycles. The number of nitrogens with two attached hydrogens (primary N) is 1. The van der Waals surface area contributed by atoms with Crippen LogP contribution in [-0.4, -0.2) is 24.2 Å². The second kappa shape index (κ2) is 8.02. The zero-order chi connectivity index (χ0) is 15.1. The Morgan fingerprint density at radius 1 is 1.30 bits per heavy atom. The van der Waals surface area contributed by atoms with Crippen LogP contribution < -0.4 is 5.73 Å². The van der Waals surface area contributed by atoms with E-state index in [9.17, 15) is 9.90 Å². The SMILES string of the molecule is COC(=O)CCC(N)C(O)c1ccc(CC(C)C)cc1. The average molecular weight is 279 g/mol. The molecule has 2 unspecified atom stereocenters. The molecule has 1 aromatic rings. The van der Waals surface area contributed by atoms with E-state index in [0.717, 1.165) is 12.0 Å². The van der Waals surface area contributed by atoms with Gasteiger partial charge in [0.15, 0.2) is 0 Å². The molecular formula is C16H25NO3. The number of aliphatic hydroxyl groups excluding tert-OH is 1. The Morgan fingerprint density at radius 3 is 2.40 bits per heavy atom. The fourth-order valence-corrected chi connectivity index (χ4v) is 2.11. The summed E-state index contributed by atoms with van der Waals surface area (Å²) in [6.45, 7) is 4.34. The second-order valence-electron chi connectivity index (χ2n) is 5.56. The van der Waals surface area contributed by atoms with Gasteiger partial charge in [-0.15, -0.1) is 0 Å². The molecule has 0 aliphatic rings. The van der Waals surface area contributed by atoms with Crippen molar-refractivity contribution in [1.29, 1.82) is 0 Å². The van der Waals surface area contributed by atoms with Crippen LogP contribution in [0.3, 0.4) is 0 Å². The largest absolute Gasteiger partial charge is 0.469 e. The number of methoxy groups -OCH3 is 1. The number of hydrogen-bond donors (Lipinski definition) is 2. The highest BCUT2D eigenvalue weighted by atomic mass is 16.5. The Morgan fingerprint density at radius 2 is 1.90 bits per heavy atom. The summed E-state index contributed by atoms with van der Waals surface area (Å²) in [7, 11) is 1.34. The minimum Gasteiger partial charge on any atom is -0.469 e. The van der Waals surface area contributed by atoms with Crippen molar-refractivity contribution < 1.29 is 14.6 Å². The first-order valence-electron chi connectivity index (χ1n) is 7.03. The van der Waals surface area contributed by atoms with E-state index in [1.165, 1.54) is 12.7 Å². The van der Waals surface area contributed by atoms with E-state index in [4.69, 9.17) is 5.73 Å². The lowest BCUT2D eigenvalue weighted by molar-refractivity contribution is -0.140. The van der Waals surface area contributed by atoms with Crippen LogP contribution in [0, 0.1) is 5.92 Å². The zero-order valence-electron chi connectivity index (χ0n) is 12.5. The van der Waals surface area contributed by atoms with Gasteiger partial charge in [0.2, 0.25) is 0 Å². The summed E-state index contributed by atoms with van der Waals surface area (Å²) in [6.07, 6.45) is 0.889. The fraction of sp³-hybridized carbons (Fsp3) is 0.562. The number of carbonyl (C=O) groups excluding carboxylic acids is 1. The van der Waals surface area contributed by atoms with Crippen LogP contribution in [0.25, 0.3) is 0 Å². The Bertz CT molecular complexity index is 414. The van der Waals surface area contributed by atoms with Crippen LogP contribution in [0.1, 0.15) is 43.9 Å². The van der Waals surface area contributed by atoms with Crippen LogP contribution in [0.5, 0.6) is 0 Å². The Hall–Kier alpha value is -1.39. The summed E-state index contributed by atoms with van der Waals surface area (Å²) < 4.78 is 4.56. The van der Waals surface area contributed by atoms with Gasteiger partial charge in [-0.3, -0.25) is 4.79 Å². The minimum absolute atomic E-state index is 0.222. The number of hydrogen-bond acceptors (Lipinski definition) is 4. The number of aliphatic hydroxyl groups is 1. The molecule has 0 aliphatic heterocycles. The average Bonchev–Trinajstić information content (AvgIpc) is 2.43. The summed E-state index contributed by atoms with van der Waals surface area (Å²) >= 11 is 0. The number of benzene rings is 1. The molecule has 4 nitrogen and oxygen atoms in total. The van der Waals surface area contributed by atoms with E-state index in [1.54, 1.807) is 0 Å². The van der Waals surface area contributed by atoms with E-state index in [2.05, 4.69) is 18.6 Å². The number of rotatable bonds is 7. The predicted octanol–water partition coefficient (Wildman–Crippen LogP) is 2.20. The Labute approximate surface area is 120 Å². The van der Waals surface area contributed by atoms with Gasteiger partial charge in [0, 0.05) is 12.5 Å². The first kappa shape index (κ1) is 16.7. The van der Waals surface area contributed by atoms with Crippen molar-refractivity contribution >= 4 is 5.97 Å². The van der Waals surface area contributed by atoms with Crippen LogP contribution in [0.15, 0.2) is 24.3 Å². The van der Waals surface area contributed by atoms with Crippen LogP contribution in [-0.2, 0) is 16.0 Å². The third-order valence-corrected chi connectivity index (χ3v) is 3.28. The van der Waals surface area contributed by atoms with Crippen molar-refractivity contribution in [1.82, 2.24) is 0 Å². The van der Waals surface area contributed by atoms with E-state index in [1.807, 2.05) is 24.3 Å². The fourth-order valence-electron chi connectivity index (χ4n) is 2.11. The lowest BCUT2D eigenvalue weighted by atomic mass is 9.96. The molecule has 0 heterocycles. The molecule has 20 heavy (non-hydrogen) atoms. The van der Waals surface area contributed by atoms with Crippen molar-refractivity contribution in [2.45, 2.75) is 45.3 Å². The van der Waals surface area contributed by atoms with E-state index >= 15 is 0 Å². The minimum atomic E-state index is -0.757. The zero-order valence-corrected chi connectivity index (χ0v) is 12.5. The molecule has 1 aromatic carbocycles. The molecule has 0 aromatic heterocycles. The Balaban J connectivity index is 2.57. The molecule has 112 valence electrons. The molecule has 0 saturated heterocycles. The first-order valence-corrected chi connectivity index (χ1v) is 7.03. The highest BCUT2D eigenvalue weighted by Crippen LogP contribution is 2.20. The van der Waals surface area contributed by atoms with Crippen molar-refractivity contribution in [3.63, 3.8) is 0 Å². The molecule has 4 heteroatoms. The smallest absolute Gasteiger partial charge is 0.305 e. The summed E-state index contributed by atoms with van der Waals surface area (Å²) in [4.78, 5) is 11.1. The standard InChI is InChI=1S/C16H25NO3/c1-11(2)10-12-4-6-13(7-5-12)16(19)14(17)8-9-15(18)20-3/h4-7,11,14,16,19H,8-10,17H2,1-3H3. The summed E-state index contributed by atoms with van der Waals surface area (Å²) in [5.74, 6) is 0.299. The van der Waals surface area contributed by atoms with Crippen LogP contribution in [0.4, 0.5) is 0 Å². The monoisotopic (exact) mass is 279 g/mol. The van der Waals surface area contributed by atoms with Gasteiger partial charge >= 0.3 is 5.97 Å². The molecule has 1 rings (SSSR count). The van der Waals surface area contributed by atoms with Crippen LogP contribution in [0.2, 0.25) is 0 Å². The van der Waals surface area contributed by atoms with Crippen molar-refractivity contribution in [2.24, 2.45) is 11.7 Å². The lowest BCUT2D eigenvalue weighted by Gasteiger charge is -2.19. The number of carbonyl (C=O) groups is 1. The van der Waals surface area contributed by atoms with Gasteiger partial charge in [0.05, 0.1) is 13.2 Å². The van der Waals surface area contributed by atoms with Gasteiger partial charge in [-0.25, -0.2) is 0 Å². The quantitative estimate of drug-likeness (QED) is 0.750. The third-order valence-electron chi connectivity index (χ3n) is 3.28. The van der Waals surface area contributed by atoms with Gasteiger partial charge in [-0.1, -0.05) is 38.1 Å². The maximum absolute atomic E-state index is 11.1. The molecule has 0 spiro atoms. The molecule has 0 fully saturated rings. The van der Waals surface area contributed by atoms with Crippen LogP contribution >= 0.6 is 0 Å². The summed E-state index contributed by atoms with van der Waals surface area (Å²) in [5.41, 5.74) is 7.95. The highest BCUT2D eigenvalue weighted by Gasteiger charge is 2.18. The molecule has 0 aliphatic carbocycles. The van der Waals surface area contributed by atoms with Gasteiger partial charge in [0.25, 0.3) is 0 Å². The molecule has 0 radical (unpaired) electrons. The molecule has 0 bridgehead atoms. The number of esters is 1. The first-order chi connectivity index (χ1) is 9.43. The second-order valence-corrected chi connectivity index (χ2v) is 5.56. The van der Waals surface area contributed by atoms with Gasteiger partial charge < -0.3 is 15.6 Å². The summed E-state index contributed by atoms with van der Waals surface area (Å²) in [6, 6.07) is 7.38. The molecule has 3 N–H and O–H groups in total.